The van der Waals surface area contributed by atoms with Gasteiger partial charge in [0.25, 0.3) is 5.91 Å². The number of nitrogens with zero attached hydrogens (tertiary/aromatic N) is 1. The van der Waals surface area contributed by atoms with Gasteiger partial charge in [0.15, 0.2) is 6.61 Å². The molecule has 1 heterocycles. The van der Waals surface area contributed by atoms with Crippen LogP contribution in [0.4, 0.5) is 11.4 Å². The summed E-state index contributed by atoms with van der Waals surface area (Å²) in [5.41, 5.74) is 1.05. The number of amides is 2. The first kappa shape index (κ1) is 17.1. The van der Waals surface area contributed by atoms with Gasteiger partial charge in [0.2, 0.25) is 5.91 Å². The maximum Gasteiger partial charge on any atom is 0.265 e. The van der Waals surface area contributed by atoms with Gasteiger partial charge in [-0.3, -0.25) is 14.5 Å². The van der Waals surface area contributed by atoms with Crippen LogP contribution in [0.25, 0.3) is 0 Å². The molecule has 0 fully saturated rings. The SMILES string of the molecule is O=C(CN1C(=O)COc2ccc(Cl)cc21)Nc1ccc(Cl)c(Br)c1. The first-order valence-corrected chi connectivity index (χ1v) is 8.46. The van der Waals surface area contributed by atoms with Gasteiger partial charge in [0, 0.05) is 15.2 Å². The highest BCUT2D eigenvalue weighted by Gasteiger charge is 2.27. The summed E-state index contributed by atoms with van der Waals surface area (Å²) in [5, 5.41) is 3.73. The number of nitrogens with one attached hydrogen (secondary N) is 1. The molecular weight excluding hydrogens is 419 g/mol. The van der Waals surface area contributed by atoms with E-state index < -0.39 is 0 Å². The summed E-state index contributed by atoms with van der Waals surface area (Å²) in [4.78, 5) is 25.8. The number of benzene rings is 2. The van der Waals surface area contributed by atoms with Crippen LogP contribution in [0, 0.1) is 0 Å². The first-order chi connectivity index (χ1) is 11.4. The van der Waals surface area contributed by atoms with E-state index in [2.05, 4.69) is 21.2 Å². The molecular formula is C16H11BrCl2N2O3. The average molecular weight is 430 g/mol. The van der Waals surface area contributed by atoms with Crippen molar-refractivity contribution in [3.05, 3.63) is 50.9 Å². The molecule has 8 heteroatoms. The normalized spacial score (nSPS) is 13.3. The summed E-state index contributed by atoms with van der Waals surface area (Å²) in [6.45, 7) is -0.260. The zero-order valence-electron chi connectivity index (χ0n) is 12.2. The molecule has 0 saturated carbocycles. The van der Waals surface area contributed by atoms with Crippen molar-refractivity contribution in [2.75, 3.05) is 23.4 Å². The van der Waals surface area contributed by atoms with E-state index in [9.17, 15) is 9.59 Å². The van der Waals surface area contributed by atoms with Crippen LogP contribution in [0.15, 0.2) is 40.9 Å². The molecule has 0 saturated heterocycles. The molecule has 3 rings (SSSR count). The van der Waals surface area contributed by atoms with Crippen LogP contribution in [0.3, 0.4) is 0 Å². The van der Waals surface area contributed by atoms with Crippen LogP contribution in [0.1, 0.15) is 0 Å². The standard InChI is InChI=1S/C16H11BrCl2N2O3/c17-11-6-10(2-3-12(11)19)20-15(22)7-21-13-5-9(18)1-4-14(13)24-8-16(21)23/h1-6H,7-8H2,(H,20,22). The van der Waals surface area contributed by atoms with E-state index in [1.54, 1.807) is 36.4 Å². The highest BCUT2D eigenvalue weighted by atomic mass is 79.9. The minimum absolute atomic E-state index is 0.117. The summed E-state index contributed by atoms with van der Waals surface area (Å²) in [5.74, 6) is -0.136. The Kier molecular flexibility index (Phi) is 4.99. The Bertz CT molecular complexity index is 829. The molecule has 0 unspecified atom stereocenters. The maximum absolute atomic E-state index is 12.3. The molecule has 2 amide bonds. The zero-order valence-corrected chi connectivity index (χ0v) is 15.3. The van der Waals surface area contributed by atoms with E-state index in [-0.39, 0.29) is 25.0 Å². The quantitative estimate of drug-likeness (QED) is 0.798. The van der Waals surface area contributed by atoms with E-state index >= 15 is 0 Å². The first-order valence-electron chi connectivity index (χ1n) is 6.91. The Morgan fingerprint density at radius 3 is 2.79 bits per heavy atom. The summed E-state index contributed by atoms with van der Waals surface area (Å²) in [7, 11) is 0. The van der Waals surface area contributed by atoms with Crippen molar-refractivity contribution in [3.63, 3.8) is 0 Å². The van der Waals surface area contributed by atoms with Gasteiger partial charge in [0.05, 0.1) is 10.7 Å². The molecule has 0 aliphatic carbocycles. The second kappa shape index (κ2) is 7.01. The Labute approximate surface area is 156 Å². The Morgan fingerprint density at radius 2 is 2.04 bits per heavy atom. The predicted octanol–water partition coefficient (Wildman–Crippen LogP) is 4.12. The molecule has 24 heavy (non-hydrogen) atoms. The Hall–Kier alpha value is -1.76. The van der Waals surface area contributed by atoms with Crippen molar-refractivity contribution in [3.8, 4) is 5.75 Å². The van der Waals surface area contributed by atoms with Gasteiger partial charge >= 0.3 is 0 Å². The lowest BCUT2D eigenvalue weighted by molar-refractivity contribution is -0.123. The molecule has 124 valence electrons. The number of fused-ring (bicyclic) bond motifs is 1. The number of ether oxygens (including phenoxy) is 1. The minimum atomic E-state index is -0.342. The molecule has 1 N–H and O–H groups in total. The van der Waals surface area contributed by atoms with Crippen molar-refractivity contribution in [1.82, 2.24) is 0 Å². The van der Waals surface area contributed by atoms with Crippen LogP contribution in [0.2, 0.25) is 10.0 Å². The largest absolute Gasteiger partial charge is 0.482 e. The number of carbonyl (C=O) groups is 2. The third-order valence-corrected chi connectivity index (χ3v) is 4.82. The van der Waals surface area contributed by atoms with Crippen LogP contribution >= 0.6 is 39.1 Å². The van der Waals surface area contributed by atoms with Crippen molar-refractivity contribution in [2.45, 2.75) is 0 Å². The molecule has 0 radical (unpaired) electrons. The molecule has 5 nitrogen and oxygen atoms in total. The molecule has 0 aromatic heterocycles. The van der Waals surface area contributed by atoms with Crippen molar-refractivity contribution >= 4 is 62.3 Å². The second-order valence-electron chi connectivity index (χ2n) is 5.06. The number of rotatable bonds is 3. The molecule has 1 aliphatic heterocycles. The smallest absolute Gasteiger partial charge is 0.265 e. The van der Waals surface area contributed by atoms with Crippen molar-refractivity contribution in [2.24, 2.45) is 0 Å². The summed E-state index contributed by atoms with van der Waals surface area (Å²) in [6, 6.07) is 9.96. The lowest BCUT2D eigenvalue weighted by atomic mass is 10.2. The van der Waals surface area contributed by atoms with Crippen LogP contribution in [-0.4, -0.2) is 25.0 Å². The highest BCUT2D eigenvalue weighted by Crippen LogP contribution is 2.34. The number of carbonyl (C=O) groups excluding carboxylic acids is 2. The molecule has 0 bridgehead atoms. The minimum Gasteiger partial charge on any atom is -0.482 e. The molecule has 1 aliphatic rings. The van der Waals surface area contributed by atoms with Gasteiger partial charge < -0.3 is 10.1 Å². The molecule has 0 spiro atoms. The second-order valence-corrected chi connectivity index (χ2v) is 6.76. The zero-order chi connectivity index (χ0) is 17.3. The fourth-order valence-electron chi connectivity index (χ4n) is 2.27. The van der Waals surface area contributed by atoms with Gasteiger partial charge in [-0.1, -0.05) is 23.2 Å². The van der Waals surface area contributed by atoms with Crippen LogP contribution < -0.4 is 15.0 Å². The molecule has 2 aromatic carbocycles. The summed E-state index contributed by atoms with van der Waals surface area (Å²) in [6.07, 6.45) is 0. The topological polar surface area (TPSA) is 58.6 Å². The number of hydrogen-bond donors (Lipinski definition) is 1. The number of anilines is 2. The van der Waals surface area contributed by atoms with Gasteiger partial charge in [0.1, 0.15) is 12.3 Å². The van der Waals surface area contributed by atoms with Gasteiger partial charge in [-0.2, -0.15) is 0 Å². The van der Waals surface area contributed by atoms with E-state index in [1.165, 1.54) is 4.90 Å². The van der Waals surface area contributed by atoms with E-state index in [0.717, 1.165) is 0 Å². The van der Waals surface area contributed by atoms with Crippen LogP contribution in [0.5, 0.6) is 5.75 Å². The van der Waals surface area contributed by atoms with Crippen molar-refractivity contribution in [1.29, 1.82) is 0 Å². The van der Waals surface area contributed by atoms with Crippen LogP contribution in [-0.2, 0) is 9.59 Å². The van der Waals surface area contributed by atoms with Gasteiger partial charge in [-0.15, -0.1) is 0 Å². The van der Waals surface area contributed by atoms with Gasteiger partial charge in [-0.25, -0.2) is 0 Å². The molecule has 0 atom stereocenters. The van der Waals surface area contributed by atoms with Gasteiger partial charge in [-0.05, 0) is 52.3 Å². The monoisotopic (exact) mass is 428 g/mol. The Morgan fingerprint density at radius 1 is 1.25 bits per heavy atom. The third kappa shape index (κ3) is 3.66. The predicted molar refractivity (Wildman–Crippen MR) is 97.1 cm³/mol. The Balaban J connectivity index is 1.77. The lowest BCUT2D eigenvalue weighted by Crippen LogP contribution is -2.43. The average Bonchev–Trinajstić information content (AvgIpc) is 2.54. The summed E-state index contributed by atoms with van der Waals surface area (Å²) >= 11 is 15.2. The molecule has 2 aromatic rings. The number of halogens is 3. The van der Waals surface area contributed by atoms with E-state index in [0.29, 0.717) is 31.6 Å². The van der Waals surface area contributed by atoms with E-state index in [1.807, 2.05) is 0 Å². The summed E-state index contributed by atoms with van der Waals surface area (Å²) < 4.78 is 6.02. The lowest BCUT2D eigenvalue weighted by Gasteiger charge is -2.29. The number of hydrogen-bond acceptors (Lipinski definition) is 3. The van der Waals surface area contributed by atoms with E-state index in [4.69, 9.17) is 27.9 Å². The fourth-order valence-corrected chi connectivity index (χ4v) is 2.93. The van der Waals surface area contributed by atoms with Crippen molar-refractivity contribution < 1.29 is 14.3 Å². The highest BCUT2D eigenvalue weighted by molar-refractivity contribution is 9.10. The fraction of sp³-hybridized carbons (Fsp3) is 0.125. The third-order valence-electron chi connectivity index (χ3n) is 3.37. The maximum atomic E-state index is 12.3.